The van der Waals surface area contributed by atoms with Crippen LogP contribution in [0.25, 0.3) is 0 Å². The molecule has 3 nitrogen and oxygen atoms in total. The van der Waals surface area contributed by atoms with Crippen molar-refractivity contribution in [3.8, 4) is 11.5 Å². The Hall–Kier alpha value is -1.52. The van der Waals surface area contributed by atoms with Crippen molar-refractivity contribution in [2.24, 2.45) is 0 Å². The van der Waals surface area contributed by atoms with Crippen LogP contribution in [0.15, 0.2) is 40.9 Å². The number of hydrogen-bond donors (Lipinski definition) is 0. The highest BCUT2D eigenvalue weighted by atomic mass is 79.9. The van der Waals surface area contributed by atoms with E-state index in [2.05, 4.69) is 64.2 Å². The van der Waals surface area contributed by atoms with Gasteiger partial charge in [0, 0.05) is 19.0 Å². The molecule has 140 valence electrons. The third-order valence-corrected chi connectivity index (χ3v) is 6.11. The van der Waals surface area contributed by atoms with Crippen LogP contribution in [0.2, 0.25) is 0 Å². The Labute approximate surface area is 165 Å². The van der Waals surface area contributed by atoms with Crippen molar-refractivity contribution < 1.29 is 9.47 Å². The first-order valence-electron chi connectivity index (χ1n) is 9.40. The fraction of sp³-hybridized carbons (Fsp3) is 0.455. The minimum Gasteiger partial charge on any atom is -0.493 e. The summed E-state index contributed by atoms with van der Waals surface area (Å²) in [5, 5.41) is 0. The van der Waals surface area contributed by atoms with Gasteiger partial charge in [-0.3, -0.25) is 0 Å². The molecule has 0 saturated heterocycles. The van der Waals surface area contributed by atoms with Gasteiger partial charge in [-0.1, -0.05) is 43.7 Å². The molecular weight excluding hydrogens is 390 g/mol. The average molecular weight is 418 g/mol. The number of unbranched alkanes of at least 4 members (excludes halogenated alkanes) is 1. The highest BCUT2D eigenvalue weighted by Gasteiger charge is 2.28. The molecule has 1 aliphatic rings. The van der Waals surface area contributed by atoms with Crippen molar-refractivity contribution in [3.05, 3.63) is 57.6 Å². The second kappa shape index (κ2) is 8.92. The topological polar surface area (TPSA) is 21.7 Å². The number of rotatable bonds is 6. The van der Waals surface area contributed by atoms with Gasteiger partial charge in [-0.2, -0.15) is 0 Å². The smallest absolute Gasteiger partial charge is 0.175 e. The summed E-state index contributed by atoms with van der Waals surface area (Å²) < 4.78 is 12.3. The van der Waals surface area contributed by atoms with Crippen LogP contribution in [0.4, 0.5) is 0 Å². The molecule has 4 heteroatoms. The van der Waals surface area contributed by atoms with Crippen LogP contribution < -0.4 is 9.47 Å². The SMILES string of the molecule is CCCCN1CCc2c(cc(OC)c(OC)c2Br)C(c2ccccc2)C1. The molecule has 1 aliphatic heterocycles. The van der Waals surface area contributed by atoms with Crippen molar-refractivity contribution in [2.75, 3.05) is 33.9 Å². The molecule has 3 rings (SSSR count). The minimum absolute atomic E-state index is 0.335. The Morgan fingerprint density at radius 1 is 1.15 bits per heavy atom. The number of benzene rings is 2. The third kappa shape index (κ3) is 3.91. The molecule has 0 saturated carbocycles. The third-order valence-electron chi connectivity index (χ3n) is 5.27. The number of fused-ring (bicyclic) bond motifs is 1. The molecule has 0 amide bonds. The summed E-state index contributed by atoms with van der Waals surface area (Å²) in [5.41, 5.74) is 4.05. The van der Waals surface area contributed by atoms with E-state index in [4.69, 9.17) is 9.47 Å². The van der Waals surface area contributed by atoms with E-state index in [9.17, 15) is 0 Å². The van der Waals surface area contributed by atoms with Crippen molar-refractivity contribution in [1.29, 1.82) is 0 Å². The first kappa shape index (κ1) is 19.2. The van der Waals surface area contributed by atoms with E-state index in [0.29, 0.717) is 5.92 Å². The second-order valence-corrected chi connectivity index (χ2v) is 7.65. The molecule has 0 aliphatic carbocycles. The molecule has 1 unspecified atom stereocenters. The monoisotopic (exact) mass is 417 g/mol. The van der Waals surface area contributed by atoms with E-state index in [0.717, 1.165) is 42.0 Å². The number of nitrogens with zero attached hydrogens (tertiary/aromatic N) is 1. The molecule has 26 heavy (non-hydrogen) atoms. The lowest BCUT2D eigenvalue weighted by atomic mass is 9.87. The number of halogens is 1. The molecule has 1 heterocycles. The fourth-order valence-electron chi connectivity index (χ4n) is 3.85. The van der Waals surface area contributed by atoms with Crippen LogP contribution in [-0.2, 0) is 6.42 Å². The van der Waals surface area contributed by atoms with Gasteiger partial charge >= 0.3 is 0 Å². The summed E-state index contributed by atoms with van der Waals surface area (Å²) in [6, 6.07) is 13.0. The van der Waals surface area contributed by atoms with Crippen LogP contribution >= 0.6 is 15.9 Å². The first-order chi connectivity index (χ1) is 12.7. The Morgan fingerprint density at radius 3 is 2.58 bits per heavy atom. The summed E-state index contributed by atoms with van der Waals surface area (Å²) in [6.07, 6.45) is 3.49. The second-order valence-electron chi connectivity index (χ2n) is 6.86. The zero-order valence-electron chi connectivity index (χ0n) is 15.9. The molecule has 0 fully saturated rings. The lowest BCUT2D eigenvalue weighted by Gasteiger charge is -2.26. The summed E-state index contributed by atoms with van der Waals surface area (Å²) in [6.45, 7) is 5.52. The van der Waals surface area contributed by atoms with E-state index in [1.165, 1.54) is 29.5 Å². The summed E-state index contributed by atoms with van der Waals surface area (Å²) in [5.74, 6) is 1.92. The highest BCUT2D eigenvalue weighted by molar-refractivity contribution is 9.10. The lowest BCUT2D eigenvalue weighted by molar-refractivity contribution is 0.272. The molecule has 0 bridgehead atoms. The molecule has 0 radical (unpaired) electrons. The molecule has 0 N–H and O–H groups in total. The maximum Gasteiger partial charge on any atom is 0.175 e. The molecule has 0 aromatic heterocycles. The van der Waals surface area contributed by atoms with Crippen molar-refractivity contribution in [1.82, 2.24) is 4.90 Å². The van der Waals surface area contributed by atoms with Crippen LogP contribution in [0, 0.1) is 0 Å². The van der Waals surface area contributed by atoms with Gasteiger partial charge in [0.1, 0.15) is 0 Å². The van der Waals surface area contributed by atoms with Crippen molar-refractivity contribution in [3.63, 3.8) is 0 Å². The average Bonchev–Trinajstić information content (AvgIpc) is 2.86. The van der Waals surface area contributed by atoms with Crippen LogP contribution in [-0.4, -0.2) is 38.8 Å². The molecule has 2 aromatic rings. The fourth-order valence-corrected chi connectivity index (χ4v) is 4.63. The normalized spacial score (nSPS) is 17.5. The van der Waals surface area contributed by atoms with Gasteiger partial charge in [-0.05, 0) is 58.1 Å². The predicted molar refractivity (Wildman–Crippen MR) is 111 cm³/mol. The zero-order valence-corrected chi connectivity index (χ0v) is 17.5. The Morgan fingerprint density at radius 2 is 1.92 bits per heavy atom. The van der Waals surface area contributed by atoms with Crippen LogP contribution in [0.1, 0.15) is 42.4 Å². The quantitative estimate of drug-likeness (QED) is 0.639. The van der Waals surface area contributed by atoms with Crippen LogP contribution in [0.3, 0.4) is 0 Å². The Balaban J connectivity index is 2.09. The van der Waals surface area contributed by atoms with Crippen molar-refractivity contribution >= 4 is 15.9 Å². The van der Waals surface area contributed by atoms with E-state index >= 15 is 0 Å². The van der Waals surface area contributed by atoms with Gasteiger partial charge in [-0.15, -0.1) is 0 Å². The highest BCUT2D eigenvalue weighted by Crippen LogP contribution is 2.44. The molecule has 2 aromatic carbocycles. The first-order valence-corrected chi connectivity index (χ1v) is 10.2. The molecule has 0 spiro atoms. The molecular formula is C22H28BrNO2. The summed E-state index contributed by atoms with van der Waals surface area (Å²) in [4.78, 5) is 2.60. The summed E-state index contributed by atoms with van der Waals surface area (Å²) in [7, 11) is 3.41. The van der Waals surface area contributed by atoms with Gasteiger partial charge in [0.15, 0.2) is 11.5 Å². The zero-order chi connectivity index (χ0) is 18.5. The van der Waals surface area contributed by atoms with Crippen LogP contribution in [0.5, 0.6) is 11.5 Å². The Bertz CT molecular complexity index is 733. The minimum atomic E-state index is 0.335. The van der Waals surface area contributed by atoms with E-state index in [1.54, 1.807) is 14.2 Å². The lowest BCUT2D eigenvalue weighted by Crippen LogP contribution is -2.29. The number of methoxy groups -OCH3 is 2. The standard InChI is InChI=1S/C22H28BrNO2/c1-4-5-12-24-13-11-17-18(14-20(25-2)22(26-3)21(17)23)19(15-24)16-9-7-6-8-10-16/h6-10,14,19H,4-5,11-13,15H2,1-3H3. The van der Waals surface area contributed by atoms with Gasteiger partial charge in [0.05, 0.1) is 18.7 Å². The number of hydrogen-bond acceptors (Lipinski definition) is 3. The van der Waals surface area contributed by atoms with Gasteiger partial charge in [0.25, 0.3) is 0 Å². The predicted octanol–water partition coefficient (Wildman–Crippen LogP) is 5.26. The molecule has 1 atom stereocenters. The van der Waals surface area contributed by atoms with E-state index < -0.39 is 0 Å². The Kier molecular flexibility index (Phi) is 6.60. The van der Waals surface area contributed by atoms with Gasteiger partial charge in [0.2, 0.25) is 0 Å². The maximum atomic E-state index is 5.63. The largest absolute Gasteiger partial charge is 0.493 e. The van der Waals surface area contributed by atoms with Gasteiger partial charge in [-0.25, -0.2) is 0 Å². The van der Waals surface area contributed by atoms with E-state index in [1.807, 2.05) is 0 Å². The number of ether oxygens (including phenoxy) is 2. The summed E-state index contributed by atoms with van der Waals surface area (Å²) >= 11 is 3.80. The van der Waals surface area contributed by atoms with Gasteiger partial charge < -0.3 is 14.4 Å². The van der Waals surface area contributed by atoms with Crippen molar-refractivity contribution in [2.45, 2.75) is 32.1 Å². The van der Waals surface area contributed by atoms with E-state index in [-0.39, 0.29) is 0 Å². The maximum absolute atomic E-state index is 5.63.